The van der Waals surface area contributed by atoms with Crippen molar-refractivity contribution in [3.05, 3.63) is 0 Å². The smallest absolute Gasteiger partial charge is 0.317 e. The fourth-order valence-electron chi connectivity index (χ4n) is 2.97. The molecule has 0 spiro atoms. The number of fused-ring (bicyclic) bond motifs is 1. The van der Waals surface area contributed by atoms with Crippen molar-refractivity contribution in [2.24, 2.45) is 11.8 Å². The normalized spacial score (nSPS) is 23.2. The van der Waals surface area contributed by atoms with Gasteiger partial charge >= 0.3 is 12.0 Å². The molecule has 7 nitrogen and oxygen atoms in total. The third kappa shape index (κ3) is 3.46. The summed E-state index contributed by atoms with van der Waals surface area (Å²) < 4.78 is 0. The van der Waals surface area contributed by atoms with Gasteiger partial charge in [-0.15, -0.1) is 0 Å². The van der Waals surface area contributed by atoms with Crippen molar-refractivity contribution in [3.8, 4) is 0 Å². The monoisotopic (exact) mass is 297 g/mol. The minimum absolute atomic E-state index is 0.0351. The molecule has 21 heavy (non-hydrogen) atoms. The van der Waals surface area contributed by atoms with Gasteiger partial charge < -0.3 is 20.2 Å². The number of aliphatic carboxylic acids is 1. The van der Waals surface area contributed by atoms with Crippen LogP contribution in [-0.2, 0) is 9.59 Å². The summed E-state index contributed by atoms with van der Waals surface area (Å²) in [6.45, 7) is 5.41. The summed E-state index contributed by atoms with van der Waals surface area (Å²) >= 11 is 0. The number of carboxylic acids is 1. The summed E-state index contributed by atoms with van der Waals surface area (Å²) in [5, 5.41) is 11.8. The van der Waals surface area contributed by atoms with Crippen LogP contribution in [0.5, 0.6) is 0 Å². The van der Waals surface area contributed by atoms with Gasteiger partial charge in [-0.3, -0.25) is 9.59 Å². The van der Waals surface area contributed by atoms with Gasteiger partial charge in [-0.1, -0.05) is 13.8 Å². The Balaban J connectivity index is 1.84. The van der Waals surface area contributed by atoms with Crippen LogP contribution < -0.4 is 5.32 Å². The molecule has 0 aromatic heterocycles. The van der Waals surface area contributed by atoms with Crippen LogP contribution in [0.4, 0.5) is 4.79 Å². The number of hydrogen-bond acceptors (Lipinski definition) is 3. The van der Waals surface area contributed by atoms with E-state index in [1.165, 1.54) is 0 Å². The van der Waals surface area contributed by atoms with Crippen LogP contribution in [0, 0.1) is 11.8 Å². The maximum atomic E-state index is 12.1. The highest BCUT2D eigenvalue weighted by Crippen LogP contribution is 2.22. The lowest BCUT2D eigenvalue weighted by atomic mass is 9.96. The summed E-state index contributed by atoms with van der Waals surface area (Å²) in [5.41, 5.74) is 0. The van der Waals surface area contributed by atoms with E-state index in [0.29, 0.717) is 26.1 Å². The number of carbonyl (C=O) groups excluding carboxylic acids is 2. The maximum absolute atomic E-state index is 12.1. The van der Waals surface area contributed by atoms with Gasteiger partial charge in [0.1, 0.15) is 0 Å². The van der Waals surface area contributed by atoms with Gasteiger partial charge in [0.25, 0.3) is 0 Å². The van der Waals surface area contributed by atoms with E-state index >= 15 is 0 Å². The van der Waals surface area contributed by atoms with Crippen molar-refractivity contribution < 1.29 is 19.5 Å². The molecule has 2 unspecified atom stereocenters. The van der Waals surface area contributed by atoms with Gasteiger partial charge in [0.05, 0.1) is 5.92 Å². The number of piperazine rings is 1. The van der Waals surface area contributed by atoms with Gasteiger partial charge in [0.15, 0.2) is 0 Å². The lowest BCUT2D eigenvalue weighted by Gasteiger charge is -2.37. The summed E-state index contributed by atoms with van der Waals surface area (Å²) in [7, 11) is 0. The van der Waals surface area contributed by atoms with E-state index in [4.69, 9.17) is 5.11 Å². The number of carboxylic acid groups (broad SMARTS) is 1. The number of hydrogen-bond donors (Lipinski definition) is 2. The number of amides is 3. The molecule has 2 saturated heterocycles. The number of urea groups is 1. The molecule has 7 heteroatoms. The van der Waals surface area contributed by atoms with Crippen LogP contribution in [0.2, 0.25) is 0 Å². The van der Waals surface area contributed by atoms with Gasteiger partial charge in [-0.05, 0) is 12.3 Å². The fourth-order valence-corrected chi connectivity index (χ4v) is 2.97. The molecule has 0 bridgehead atoms. The molecule has 0 aliphatic carbocycles. The first-order chi connectivity index (χ1) is 9.90. The van der Waals surface area contributed by atoms with E-state index in [0.717, 1.165) is 6.42 Å². The van der Waals surface area contributed by atoms with E-state index in [2.05, 4.69) is 5.32 Å². The molecule has 2 rings (SSSR count). The first kappa shape index (κ1) is 15.6. The van der Waals surface area contributed by atoms with Crippen LogP contribution in [0.15, 0.2) is 0 Å². The molecule has 2 atom stereocenters. The molecule has 0 radical (unpaired) electrons. The Morgan fingerprint density at radius 3 is 2.71 bits per heavy atom. The average Bonchev–Trinajstić information content (AvgIpc) is 2.79. The highest BCUT2D eigenvalue weighted by molar-refractivity contribution is 5.80. The van der Waals surface area contributed by atoms with E-state index in [1.54, 1.807) is 4.90 Å². The van der Waals surface area contributed by atoms with Crippen LogP contribution >= 0.6 is 0 Å². The minimum Gasteiger partial charge on any atom is -0.481 e. The Labute approximate surface area is 124 Å². The SMILES string of the molecule is CC(C)C(CNC(=O)N1CCN2C(=O)CCC2C1)C(=O)O. The van der Waals surface area contributed by atoms with Crippen molar-refractivity contribution in [3.63, 3.8) is 0 Å². The summed E-state index contributed by atoms with van der Waals surface area (Å²) in [6, 6.07) is -0.113. The molecule has 0 saturated carbocycles. The Hall–Kier alpha value is -1.79. The Kier molecular flexibility index (Phi) is 4.69. The van der Waals surface area contributed by atoms with Crippen LogP contribution in [0.1, 0.15) is 26.7 Å². The quantitative estimate of drug-likeness (QED) is 0.784. The molecule has 2 aliphatic heterocycles. The van der Waals surface area contributed by atoms with Gasteiger partial charge in [0.2, 0.25) is 5.91 Å². The molecule has 2 aliphatic rings. The second-order valence-electron chi connectivity index (χ2n) is 6.10. The average molecular weight is 297 g/mol. The zero-order valence-electron chi connectivity index (χ0n) is 12.5. The van der Waals surface area contributed by atoms with Gasteiger partial charge in [0, 0.05) is 38.6 Å². The largest absolute Gasteiger partial charge is 0.481 e. The van der Waals surface area contributed by atoms with Crippen molar-refractivity contribution in [1.82, 2.24) is 15.1 Å². The van der Waals surface area contributed by atoms with E-state index in [1.807, 2.05) is 18.7 Å². The molecular formula is C14H23N3O4. The summed E-state index contributed by atoms with van der Waals surface area (Å²) in [5.74, 6) is -1.34. The molecule has 0 aromatic rings. The predicted octanol–water partition coefficient (Wildman–Crippen LogP) is 0.359. The van der Waals surface area contributed by atoms with Crippen molar-refractivity contribution in [2.75, 3.05) is 26.2 Å². The first-order valence-corrected chi connectivity index (χ1v) is 7.45. The second-order valence-corrected chi connectivity index (χ2v) is 6.10. The van der Waals surface area contributed by atoms with Crippen molar-refractivity contribution in [2.45, 2.75) is 32.7 Å². The van der Waals surface area contributed by atoms with Crippen molar-refractivity contribution in [1.29, 1.82) is 0 Å². The van der Waals surface area contributed by atoms with E-state index in [9.17, 15) is 14.4 Å². The summed E-state index contributed by atoms with van der Waals surface area (Å²) in [6.07, 6.45) is 1.36. The zero-order valence-corrected chi connectivity index (χ0v) is 12.5. The second kappa shape index (κ2) is 6.32. The van der Waals surface area contributed by atoms with Crippen molar-refractivity contribution >= 4 is 17.9 Å². The third-order valence-corrected chi connectivity index (χ3v) is 4.38. The zero-order chi connectivity index (χ0) is 15.6. The molecule has 2 heterocycles. The van der Waals surface area contributed by atoms with Crippen LogP contribution in [-0.4, -0.2) is 65.0 Å². The molecule has 0 aromatic carbocycles. The molecular weight excluding hydrogens is 274 g/mol. The topological polar surface area (TPSA) is 90.0 Å². The Morgan fingerprint density at radius 2 is 2.10 bits per heavy atom. The Morgan fingerprint density at radius 1 is 1.38 bits per heavy atom. The number of nitrogens with one attached hydrogen (secondary N) is 1. The van der Waals surface area contributed by atoms with Crippen LogP contribution in [0.3, 0.4) is 0 Å². The predicted molar refractivity (Wildman–Crippen MR) is 75.7 cm³/mol. The molecule has 118 valence electrons. The first-order valence-electron chi connectivity index (χ1n) is 7.45. The number of nitrogens with zero attached hydrogens (tertiary/aromatic N) is 2. The molecule has 2 fully saturated rings. The number of carbonyl (C=O) groups is 3. The molecule has 2 N–H and O–H groups in total. The molecule has 3 amide bonds. The highest BCUT2D eigenvalue weighted by Gasteiger charge is 2.37. The summed E-state index contributed by atoms with van der Waals surface area (Å²) in [4.78, 5) is 38.4. The third-order valence-electron chi connectivity index (χ3n) is 4.38. The lowest BCUT2D eigenvalue weighted by molar-refractivity contribution is -0.143. The minimum atomic E-state index is -0.892. The number of rotatable bonds is 4. The van der Waals surface area contributed by atoms with E-state index in [-0.39, 0.29) is 30.4 Å². The standard InChI is InChI=1S/C14H23N3O4/c1-9(2)11(13(19)20)7-15-14(21)16-5-6-17-10(8-16)3-4-12(17)18/h9-11H,3-8H2,1-2H3,(H,15,21)(H,19,20). The Bertz CT molecular complexity index is 438. The highest BCUT2D eigenvalue weighted by atomic mass is 16.4. The van der Waals surface area contributed by atoms with Gasteiger partial charge in [-0.25, -0.2) is 4.79 Å². The fraction of sp³-hybridized carbons (Fsp3) is 0.786. The lowest BCUT2D eigenvalue weighted by Crippen LogP contribution is -2.56. The van der Waals surface area contributed by atoms with Gasteiger partial charge in [-0.2, -0.15) is 0 Å². The maximum Gasteiger partial charge on any atom is 0.317 e. The van der Waals surface area contributed by atoms with Crippen LogP contribution in [0.25, 0.3) is 0 Å². The van der Waals surface area contributed by atoms with E-state index < -0.39 is 11.9 Å².